The maximum atomic E-state index is 13.0. The molecule has 0 spiro atoms. The first kappa shape index (κ1) is 15.3. The van der Waals surface area contributed by atoms with Crippen molar-refractivity contribution in [3.63, 3.8) is 0 Å². The normalized spacial score (nSPS) is 11.5. The van der Waals surface area contributed by atoms with E-state index in [9.17, 15) is 12.8 Å². The summed E-state index contributed by atoms with van der Waals surface area (Å²) in [5.74, 6) is -0.0933. The van der Waals surface area contributed by atoms with Gasteiger partial charge >= 0.3 is 0 Å². The minimum atomic E-state index is -3.66. The van der Waals surface area contributed by atoms with Crippen LogP contribution in [-0.4, -0.2) is 28.6 Å². The predicted molar refractivity (Wildman–Crippen MR) is 79.6 cm³/mol. The number of hydrogen-bond acceptors (Lipinski definition) is 5. The number of sulfonamides is 1. The second-order valence-corrected chi connectivity index (χ2v) is 6.39. The van der Waals surface area contributed by atoms with Gasteiger partial charge in [0.1, 0.15) is 5.82 Å². The molecule has 0 bridgehead atoms. The summed E-state index contributed by atoms with van der Waals surface area (Å²) in [4.78, 5) is 0.154. The molecule has 0 fully saturated rings. The molecule has 3 aromatic rings. The van der Waals surface area contributed by atoms with Crippen molar-refractivity contribution in [1.29, 1.82) is 0 Å². The van der Waals surface area contributed by atoms with E-state index in [1.165, 1.54) is 41.1 Å². The van der Waals surface area contributed by atoms with E-state index in [2.05, 4.69) is 20.2 Å². The Balaban J connectivity index is 1.80. The maximum Gasteiger partial charge on any atom is 0.240 e. The maximum absolute atomic E-state index is 13.0. The molecule has 0 aliphatic heterocycles. The molecule has 0 atom stereocenters. The Kier molecular flexibility index (Phi) is 4.13. The van der Waals surface area contributed by atoms with Crippen LogP contribution < -0.4 is 4.72 Å². The predicted octanol–water partition coefficient (Wildman–Crippen LogP) is 1.28. The first-order valence-corrected chi connectivity index (χ1v) is 8.12. The molecule has 1 N–H and O–H groups in total. The van der Waals surface area contributed by atoms with Gasteiger partial charge in [0.15, 0.2) is 5.82 Å². The van der Waals surface area contributed by atoms with Crippen molar-refractivity contribution in [2.45, 2.75) is 11.4 Å². The molecule has 9 heteroatoms. The lowest BCUT2D eigenvalue weighted by Crippen LogP contribution is -2.25. The first-order chi connectivity index (χ1) is 11.1. The third-order valence-corrected chi connectivity index (χ3v) is 4.50. The highest BCUT2D eigenvalue weighted by Crippen LogP contribution is 2.11. The lowest BCUT2D eigenvalue weighted by Gasteiger charge is -2.07. The zero-order chi connectivity index (χ0) is 16.3. The molecule has 0 saturated carbocycles. The van der Waals surface area contributed by atoms with Crippen LogP contribution in [0.15, 0.2) is 59.5 Å². The van der Waals surface area contributed by atoms with Gasteiger partial charge in [0.2, 0.25) is 10.0 Å². The van der Waals surface area contributed by atoms with Gasteiger partial charge in [-0.2, -0.15) is 4.68 Å². The van der Waals surface area contributed by atoms with Crippen LogP contribution in [0.25, 0.3) is 5.69 Å². The lowest BCUT2D eigenvalue weighted by molar-refractivity contribution is 0.578. The Labute approximate surface area is 131 Å². The molecule has 3 rings (SSSR count). The van der Waals surface area contributed by atoms with Gasteiger partial charge < -0.3 is 0 Å². The molecule has 0 aliphatic rings. The number of nitrogens with one attached hydrogen (secondary N) is 1. The van der Waals surface area contributed by atoms with E-state index in [1.807, 2.05) is 0 Å². The van der Waals surface area contributed by atoms with Gasteiger partial charge in [-0.05, 0) is 46.8 Å². The van der Waals surface area contributed by atoms with Crippen LogP contribution >= 0.6 is 0 Å². The second kappa shape index (κ2) is 6.23. The van der Waals surface area contributed by atoms with E-state index in [1.54, 1.807) is 18.2 Å². The van der Waals surface area contributed by atoms with E-state index in [0.29, 0.717) is 5.69 Å². The quantitative estimate of drug-likeness (QED) is 0.760. The van der Waals surface area contributed by atoms with Crippen LogP contribution in [0.5, 0.6) is 0 Å². The molecule has 0 saturated heterocycles. The number of rotatable bonds is 5. The average Bonchev–Trinajstić information content (AvgIpc) is 3.03. The zero-order valence-electron chi connectivity index (χ0n) is 11.8. The summed E-state index contributed by atoms with van der Waals surface area (Å²) in [6.07, 6.45) is 0. The van der Waals surface area contributed by atoms with Crippen molar-refractivity contribution in [2.24, 2.45) is 0 Å². The van der Waals surface area contributed by atoms with Crippen LogP contribution in [0, 0.1) is 5.82 Å². The molecular weight excluding hydrogens is 321 g/mol. The Morgan fingerprint density at radius 3 is 2.43 bits per heavy atom. The summed E-state index contributed by atoms with van der Waals surface area (Å²) in [5.41, 5.74) is 0.533. The van der Waals surface area contributed by atoms with Gasteiger partial charge in [0.05, 0.1) is 17.1 Å². The van der Waals surface area contributed by atoms with Gasteiger partial charge in [-0.25, -0.2) is 17.5 Å². The van der Waals surface area contributed by atoms with E-state index < -0.39 is 10.0 Å². The van der Waals surface area contributed by atoms with Crippen LogP contribution in [0.3, 0.4) is 0 Å². The highest BCUT2D eigenvalue weighted by Gasteiger charge is 2.16. The summed E-state index contributed by atoms with van der Waals surface area (Å²) in [5, 5.41) is 11.1. The molecule has 0 unspecified atom stereocenters. The monoisotopic (exact) mass is 333 g/mol. The molecule has 1 heterocycles. The number of aromatic nitrogens is 4. The van der Waals surface area contributed by atoms with Gasteiger partial charge in [-0.3, -0.25) is 0 Å². The average molecular weight is 333 g/mol. The molecule has 0 aliphatic carbocycles. The Morgan fingerprint density at radius 2 is 1.74 bits per heavy atom. The molecule has 7 nitrogen and oxygen atoms in total. The highest BCUT2D eigenvalue weighted by molar-refractivity contribution is 7.89. The summed E-state index contributed by atoms with van der Waals surface area (Å²) in [6.45, 7) is -0.0956. The molecule has 0 radical (unpaired) electrons. The topological polar surface area (TPSA) is 89.8 Å². The zero-order valence-corrected chi connectivity index (χ0v) is 12.6. The van der Waals surface area contributed by atoms with Crippen molar-refractivity contribution in [3.05, 3.63) is 66.2 Å². The van der Waals surface area contributed by atoms with Gasteiger partial charge in [-0.15, -0.1) is 5.10 Å². The van der Waals surface area contributed by atoms with Gasteiger partial charge in [0.25, 0.3) is 0 Å². The van der Waals surface area contributed by atoms with Gasteiger partial charge in [-0.1, -0.05) is 18.2 Å². The summed E-state index contributed by atoms with van der Waals surface area (Å²) in [7, 11) is -3.66. The standard InChI is InChI=1S/C14H12FN5O2S/c15-11-6-8-12(9-7-11)20-14(17-18-19-20)10-16-23(21,22)13-4-2-1-3-5-13/h1-9,16H,10H2. The molecule has 2 aromatic carbocycles. The fourth-order valence-corrected chi connectivity index (χ4v) is 2.94. The van der Waals surface area contributed by atoms with Crippen molar-refractivity contribution in [1.82, 2.24) is 24.9 Å². The van der Waals surface area contributed by atoms with Crippen molar-refractivity contribution in [3.8, 4) is 5.69 Å². The van der Waals surface area contributed by atoms with Gasteiger partial charge in [0, 0.05) is 0 Å². The molecule has 118 valence electrons. The summed E-state index contributed by atoms with van der Waals surface area (Å²) >= 11 is 0. The van der Waals surface area contributed by atoms with Crippen LogP contribution in [0.2, 0.25) is 0 Å². The van der Waals surface area contributed by atoms with E-state index >= 15 is 0 Å². The molecule has 23 heavy (non-hydrogen) atoms. The van der Waals surface area contributed by atoms with Crippen LogP contribution in [0.1, 0.15) is 5.82 Å². The number of nitrogens with zero attached hydrogens (tertiary/aromatic N) is 4. The fraction of sp³-hybridized carbons (Fsp3) is 0.0714. The number of benzene rings is 2. The number of halogens is 1. The Morgan fingerprint density at radius 1 is 1.04 bits per heavy atom. The minimum absolute atomic E-state index is 0.0956. The van der Waals surface area contributed by atoms with Crippen molar-refractivity contribution in [2.75, 3.05) is 0 Å². The number of hydrogen-bond donors (Lipinski definition) is 1. The smallest absolute Gasteiger partial charge is 0.207 e. The largest absolute Gasteiger partial charge is 0.240 e. The van der Waals surface area contributed by atoms with E-state index in [0.717, 1.165) is 0 Å². The van der Waals surface area contributed by atoms with E-state index in [-0.39, 0.29) is 23.1 Å². The SMILES string of the molecule is O=S(=O)(NCc1nnnn1-c1ccc(F)cc1)c1ccccc1. The van der Waals surface area contributed by atoms with E-state index in [4.69, 9.17) is 0 Å². The lowest BCUT2D eigenvalue weighted by atomic mass is 10.3. The minimum Gasteiger partial charge on any atom is -0.207 e. The van der Waals surface area contributed by atoms with Crippen LogP contribution in [-0.2, 0) is 16.6 Å². The van der Waals surface area contributed by atoms with Crippen molar-refractivity contribution >= 4 is 10.0 Å². The van der Waals surface area contributed by atoms with Crippen LogP contribution in [0.4, 0.5) is 4.39 Å². The first-order valence-electron chi connectivity index (χ1n) is 6.64. The summed E-state index contributed by atoms with van der Waals surface area (Å²) in [6, 6.07) is 13.5. The third kappa shape index (κ3) is 3.41. The molecular formula is C14H12FN5O2S. The van der Waals surface area contributed by atoms with Crippen molar-refractivity contribution < 1.29 is 12.8 Å². The second-order valence-electron chi connectivity index (χ2n) is 4.62. The Hall–Kier alpha value is -2.65. The summed E-state index contributed by atoms with van der Waals surface area (Å²) < 4.78 is 41.1. The fourth-order valence-electron chi connectivity index (χ4n) is 1.94. The Bertz CT molecular complexity index is 894. The molecule has 1 aromatic heterocycles. The third-order valence-electron chi connectivity index (χ3n) is 3.08. The number of tetrazole rings is 1. The highest BCUT2D eigenvalue weighted by atomic mass is 32.2. The molecule has 0 amide bonds.